The molecule has 1 rings (SSSR count). The summed E-state index contributed by atoms with van der Waals surface area (Å²) in [6, 6.07) is -1.48. The third-order valence-electron chi connectivity index (χ3n) is 3.15. The summed E-state index contributed by atoms with van der Waals surface area (Å²) in [6.45, 7) is -0.889. The molecule has 0 aromatic rings. The monoisotopic (exact) mass is 337 g/mol. The Morgan fingerprint density at radius 1 is 1.43 bits per heavy atom. The molecule has 0 fully saturated rings. The number of aldehydes is 1. The zero-order valence-electron chi connectivity index (χ0n) is 11.8. The maximum Gasteiger partial charge on any atom is 0.371 e. The van der Waals surface area contributed by atoms with Gasteiger partial charge in [-0.05, 0) is 6.08 Å². The Morgan fingerprint density at radius 2 is 2.04 bits per heavy atom. The number of ether oxygens (including phenoxy) is 2. The zero-order valence-corrected chi connectivity index (χ0v) is 11.8. The summed E-state index contributed by atoms with van der Waals surface area (Å²) in [5.74, 6) is -2.27. The molecule has 1 aliphatic heterocycles. The van der Waals surface area contributed by atoms with E-state index in [9.17, 15) is 30.0 Å². The Kier molecular flexibility index (Phi) is 7.02. The highest BCUT2D eigenvalue weighted by Gasteiger charge is 2.41. The van der Waals surface area contributed by atoms with Gasteiger partial charge < -0.3 is 50.6 Å². The summed E-state index contributed by atoms with van der Waals surface area (Å²) in [7, 11) is 0. The van der Waals surface area contributed by atoms with Crippen molar-refractivity contribution in [3.63, 3.8) is 0 Å². The zero-order chi connectivity index (χ0) is 17.7. The lowest BCUT2D eigenvalue weighted by atomic mass is 10.0. The van der Waals surface area contributed by atoms with Crippen molar-refractivity contribution < 1.29 is 49.7 Å². The molecule has 11 heteroatoms. The van der Waals surface area contributed by atoms with E-state index in [1.807, 2.05) is 0 Å². The summed E-state index contributed by atoms with van der Waals surface area (Å²) in [5, 5.41) is 56.6. The third-order valence-corrected chi connectivity index (χ3v) is 3.15. The van der Waals surface area contributed by atoms with E-state index in [1.165, 1.54) is 0 Å². The second-order valence-corrected chi connectivity index (χ2v) is 4.86. The number of aliphatic hydroxyl groups excluding tert-OH is 5. The second-order valence-electron chi connectivity index (χ2n) is 4.86. The largest absolute Gasteiger partial charge is 0.475 e. The van der Waals surface area contributed by atoms with Gasteiger partial charge in [-0.25, -0.2) is 4.79 Å². The summed E-state index contributed by atoms with van der Waals surface area (Å²) in [6.07, 6.45) is -9.49. The average molecular weight is 337 g/mol. The van der Waals surface area contributed by atoms with Gasteiger partial charge in [-0.15, -0.1) is 0 Å². The normalized spacial score (nSPS) is 29.7. The number of carboxylic acid groups (broad SMARTS) is 1. The third kappa shape index (κ3) is 4.68. The molecule has 0 amide bonds. The summed E-state index contributed by atoms with van der Waals surface area (Å²) < 4.78 is 9.87. The predicted octanol–water partition coefficient (Wildman–Crippen LogP) is -4.34. The van der Waals surface area contributed by atoms with Crippen LogP contribution in [0.4, 0.5) is 0 Å². The fourth-order valence-electron chi connectivity index (χ4n) is 1.84. The van der Waals surface area contributed by atoms with Crippen molar-refractivity contribution in [2.45, 2.75) is 42.9 Å². The molecule has 0 aromatic heterocycles. The smallest absolute Gasteiger partial charge is 0.371 e. The van der Waals surface area contributed by atoms with Gasteiger partial charge in [-0.3, -0.25) is 0 Å². The minimum atomic E-state index is -1.79. The Labute approximate surface area is 130 Å². The highest BCUT2D eigenvalue weighted by atomic mass is 16.7. The fourth-order valence-corrected chi connectivity index (χ4v) is 1.84. The van der Waals surface area contributed by atoms with E-state index < -0.39 is 61.2 Å². The van der Waals surface area contributed by atoms with Gasteiger partial charge in [-0.2, -0.15) is 0 Å². The number of aliphatic hydroxyl groups is 5. The van der Waals surface area contributed by atoms with E-state index in [4.69, 9.17) is 25.4 Å². The first-order valence-corrected chi connectivity index (χ1v) is 6.54. The predicted molar refractivity (Wildman–Crippen MR) is 70.6 cm³/mol. The Balaban J connectivity index is 2.96. The fraction of sp³-hybridized carbons (Fsp3) is 0.667. The number of rotatable bonds is 8. The van der Waals surface area contributed by atoms with Gasteiger partial charge in [0.25, 0.3) is 0 Å². The molecule has 7 atom stereocenters. The van der Waals surface area contributed by atoms with Crippen molar-refractivity contribution in [2.75, 3.05) is 6.61 Å². The number of carbonyl (C=O) groups is 2. The topological polar surface area (TPSA) is 200 Å². The first-order valence-electron chi connectivity index (χ1n) is 6.54. The molecule has 0 radical (unpaired) electrons. The molecular weight excluding hydrogens is 318 g/mol. The van der Waals surface area contributed by atoms with Crippen LogP contribution in [0.25, 0.3) is 0 Å². The Hall–Kier alpha value is -1.60. The number of carboxylic acids is 1. The van der Waals surface area contributed by atoms with E-state index in [2.05, 4.69) is 0 Å². The second kappa shape index (κ2) is 8.31. The van der Waals surface area contributed by atoms with E-state index in [0.717, 1.165) is 6.08 Å². The molecule has 1 aliphatic rings. The first-order chi connectivity index (χ1) is 10.7. The van der Waals surface area contributed by atoms with Crippen molar-refractivity contribution in [3.8, 4) is 0 Å². The lowest BCUT2D eigenvalue weighted by Gasteiger charge is -2.36. The molecule has 0 saturated carbocycles. The molecule has 0 aromatic carbocycles. The summed E-state index contributed by atoms with van der Waals surface area (Å²) in [4.78, 5) is 21.5. The van der Waals surface area contributed by atoms with E-state index >= 15 is 0 Å². The van der Waals surface area contributed by atoms with Gasteiger partial charge in [-0.1, -0.05) is 0 Å². The lowest BCUT2D eigenvalue weighted by Crippen LogP contribution is -2.55. The van der Waals surface area contributed by atoms with Crippen molar-refractivity contribution in [1.82, 2.24) is 0 Å². The van der Waals surface area contributed by atoms with Crippen LogP contribution in [0.15, 0.2) is 11.8 Å². The van der Waals surface area contributed by atoms with E-state index in [0.29, 0.717) is 0 Å². The highest BCUT2D eigenvalue weighted by Crippen LogP contribution is 2.23. The molecule has 0 saturated heterocycles. The van der Waals surface area contributed by atoms with Gasteiger partial charge in [0.2, 0.25) is 12.0 Å². The van der Waals surface area contributed by atoms with Crippen molar-refractivity contribution in [2.24, 2.45) is 5.73 Å². The number of aliphatic carboxylic acids is 1. The molecule has 8 N–H and O–H groups in total. The molecule has 0 unspecified atom stereocenters. The van der Waals surface area contributed by atoms with Crippen molar-refractivity contribution in [3.05, 3.63) is 11.8 Å². The lowest BCUT2D eigenvalue weighted by molar-refractivity contribution is -0.255. The van der Waals surface area contributed by atoms with Crippen LogP contribution >= 0.6 is 0 Å². The van der Waals surface area contributed by atoms with Gasteiger partial charge in [0, 0.05) is 0 Å². The number of carbonyl (C=O) groups excluding carboxylic acids is 1. The molecule has 0 bridgehead atoms. The van der Waals surface area contributed by atoms with Crippen LogP contribution in [0.1, 0.15) is 0 Å². The van der Waals surface area contributed by atoms with Crippen LogP contribution in [0.5, 0.6) is 0 Å². The van der Waals surface area contributed by atoms with Crippen LogP contribution in [0.2, 0.25) is 0 Å². The van der Waals surface area contributed by atoms with Crippen LogP contribution in [-0.4, -0.2) is 92.4 Å². The maximum absolute atomic E-state index is 10.9. The molecule has 11 nitrogen and oxygen atoms in total. The summed E-state index contributed by atoms with van der Waals surface area (Å²) >= 11 is 0. The first kappa shape index (κ1) is 19.4. The van der Waals surface area contributed by atoms with E-state index in [1.54, 1.807) is 0 Å². The average Bonchev–Trinajstić information content (AvgIpc) is 2.53. The standard InChI is InChI=1S/C12H19NO10/c13-4(2-14)8(18)10(6(17)3-15)23-12-9(19)5(16)1-7(22-12)11(20)21/h1-2,4-6,8-10,12,15-19H,3,13H2,(H,20,21)/t4-,5+,6+,8+,9-,10-,12+/m1/s1. The van der Waals surface area contributed by atoms with Gasteiger partial charge in [0.1, 0.15) is 36.8 Å². The van der Waals surface area contributed by atoms with Gasteiger partial charge >= 0.3 is 5.97 Å². The Morgan fingerprint density at radius 3 is 2.52 bits per heavy atom. The number of hydrogen-bond acceptors (Lipinski definition) is 10. The number of nitrogens with two attached hydrogens (primary N) is 1. The van der Waals surface area contributed by atoms with Crippen LogP contribution < -0.4 is 5.73 Å². The SMILES string of the molecule is N[C@H](C=O)[C@H](O)[C@H](O[C@@H]1OC(C(=O)O)=C[C@H](O)[C@H]1O)[C@@H](O)CO. The minimum Gasteiger partial charge on any atom is -0.475 e. The molecular formula is C12H19NO10. The maximum atomic E-state index is 10.9. The van der Waals surface area contributed by atoms with Crippen LogP contribution in [0.3, 0.4) is 0 Å². The van der Waals surface area contributed by atoms with Gasteiger partial charge in [0.05, 0.1) is 12.6 Å². The molecule has 23 heavy (non-hydrogen) atoms. The molecule has 132 valence electrons. The molecule has 1 heterocycles. The highest BCUT2D eigenvalue weighted by molar-refractivity contribution is 5.84. The Bertz CT molecular complexity index is 455. The van der Waals surface area contributed by atoms with Crippen molar-refractivity contribution >= 4 is 12.3 Å². The van der Waals surface area contributed by atoms with Crippen molar-refractivity contribution in [1.29, 1.82) is 0 Å². The molecule has 0 spiro atoms. The number of hydrogen-bond donors (Lipinski definition) is 7. The van der Waals surface area contributed by atoms with Crippen LogP contribution in [0, 0.1) is 0 Å². The van der Waals surface area contributed by atoms with Gasteiger partial charge in [0.15, 0.2) is 0 Å². The van der Waals surface area contributed by atoms with E-state index in [-0.39, 0.29) is 6.29 Å². The molecule has 0 aliphatic carbocycles. The quantitative estimate of drug-likeness (QED) is 0.211. The summed E-state index contributed by atoms with van der Waals surface area (Å²) in [5.41, 5.74) is 5.30. The minimum absolute atomic E-state index is 0.167. The van der Waals surface area contributed by atoms with Crippen LogP contribution in [-0.2, 0) is 19.1 Å².